The molecule has 0 radical (unpaired) electrons. The summed E-state index contributed by atoms with van der Waals surface area (Å²) in [6, 6.07) is 6.43. The Kier molecular flexibility index (Phi) is 5.00. The van der Waals surface area contributed by atoms with Gasteiger partial charge < -0.3 is 18.7 Å². The Balaban J connectivity index is 2.16. The van der Waals surface area contributed by atoms with Gasteiger partial charge in [-0.15, -0.1) is 0 Å². The third-order valence-electron chi connectivity index (χ3n) is 3.76. The van der Waals surface area contributed by atoms with Gasteiger partial charge in [-0.05, 0) is 13.0 Å². The number of quaternary nitrogens is 1. The number of sulfonamides is 1. The zero-order chi connectivity index (χ0) is 17.3. The highest BCUT2D eigenvalue weighted by Crippen LogP contribution is 2.30. The number of ether oxygens (including phenoxy) is 1. The Morgan fingerprint density at radius 2 is 2.09 bits per heavy atom. The van der Waals surface area contributed by atoms with Crippen LogP contribution in [-0.2, 0) is 10.0 Å². The fourth-order valence-corrected chi connectivity index (χ4v) is 2.70. The Labute approximate surface area is 135 Å². The van der Waals surface area contributed by atoms with Gasteiger partial charge in [-0.1, -0.05) is 12.1 Å². The number of hydrogen-bond donors (Lipinski definition) is 2. The summed E-state index contributed by atoms with van der Waals surface area (Å²) in [5.74, 6) is 0.373. The lowest BCUT2D eigenvalue weighted by atomic mass is 10.2. The predicted octanol–water partition coefficient (Wildman–Crippen LogP) is 0.916. The molecule has 1 heterocycles. The summed E-state index contributed by atoms with van der Waals surface area (Å²) in [7, 11) is 0.131. The molecule has 3 N–H and O–H groups in total. The first-order valence-electron chi connectivity index (χ1n) is 7.30. The fraction of sp³-hybridized carbons (Fsp3) is 0.467. The minimum Gasteiger partial charge on any atom is -0.487 e. The summed E-state index contributed by atoms with van der Waals surface area (Å²) in [4.78, 5) is 0. The zero-order valence-electron chi connectivity index (χ0n) is 13.5. The van der Waals surface area contributed by atoms with Crippen LogP contribution in [0.3, 0.4) is 0 Å². The molecule has 0 aliphatic carbocycles. The van der Waals surface area contributed by atoms with E-state index in [9.17, 15) is 13.5 Å². The van der Waals surface area contributed by atoms with E-state index in [1.54, 1.807) is 18.2 Å². The quantitative estimate of drug-likeness (QED) is 0.728. The highest BCUT2D eigenvalue weighted by atomic mass is 32.2. The van der Waals surface area contributed by atoms with Crippen molar-refractivity contribution in [3.63, 3.8) is 0 Å². The predicted molar refractivity (Wildman–Crippen MR) is 86.6 cm³/mol. The van der Waals surface area contributed by atoms with Crippen molar-refractivity contribution in [2.75, 3.05) is 33.8 Å². The van der Waals surface area contributed by atoms with Crippen molar-refractivity contribution in [1.29, 1.82) is 0 Å². The summed E-state index contributed by atoms with van der Waals surface area (Å²) >= 11 is 0. The Morgan fingerprint density at radius 1 is 1.39 bits per heavy atom. The molecule has 0 fully saturated rings. The van der Waals surface area contributed by atoms with Crippen LogP contribution < -0.4 is 9.88 Å². The Hall–Kier alpha value is -1.61. The van der Waals surface area contributed by atoms with Gasteiger partial charge in [-0.3, -0.25) is 0 Å². The van der Waals surface area contributed by atoms with Gasteiger partial charge in [0.15, 0.2) is 11.3 Å². The van der Waals surface area contributed by atoms with Crippen molar-refractivity contribution in [2.45, 2.75) is 18.1 Å². The largest absolute Gasteiger partial charge is 0.487 e. The van der Waals surface area contributed by atoms with E-state index in [1.165, 1.54) is 6.07 Å². The van der Waals surface area contributed by atoms with Crippen LogP contribution in [0.4, 0.5) is 0 Å². The lowest BCUT2D eigenvalue weighted by Gasteiger charge is -2.30. The minimum absolute atomic E-state index is 0.0895. The first-order valence-corrected chi connectivity index (χ1v) is 8.85. The molecule has 1 atom stereocenters. The summed E-state index contributed by atoms with van der Waals surface area (Å²) in [6.07, 6.45) is -0.645. The molecule has 128 valence electrons. The van der Waals surface area contributed by atoms with Gasteiger partial charge in [0.2, 0.25) is 5.09 Å². The van der Waals surface area contributed by atoms with Crippen LogP contribution >= 0.6 is 0 Å². The second-order valence-electron chi connectivity index (χ2n) is 6.18. The molecule has 0 spiro atoms. The molecule has 2 aromatic rings. The number of likely N-dealkylation sites (N-methyl/N-ethyl adjacent to an activating group) is 1. The van der Waals surface area contributed by atoms with E-state index in [4.69, 9.17) is 14.3 Å². The van der Waals surface area contributed by atoms with Crippen molar-refractivity contribution in [3.05, 3.63) is 24.3 Å². The molecule has 8 heteroatoms. The van der Waals surface area contributed by atoms with E-state index in [0.29, 0.717) is 27.7 Å². The van der Waals surface area contributed by atoms with Crippen molar-refractivity contribution in [3.8, 4) is 5.75 Å². The number of fused-ring (bicyclic) bond motifs is 1. The minimum atomic E-state index is -3.91. The topological polar surface area (TPSA) is 103 Å². The average molecular weight is 343 g/mol. The summed E-state index contributed by atoms with van der Waals surface area (Å²) in [5, 5.41) is 15.4. The van der Waals surface area contributed by atoms with Crippen molar-refractivity contribution >= 4 is 21.0 Å². The van der Waals surface area contributed by atoms with Crippen LogP contribution in [-0.4, -0.2) is 57.9 Å². The number of aliphatic hydroxyl groups excluding tert-OH is 1. The molecule has 0 aliphatic rings. The third-order valence-corrected chi connectivity index (χ3v) is 4.52. The van der Waals surface area contributed by atoms with Gasteiger partial charge in [0.25, 0.3) is 10.0 Å². The maximum absolute atomic E-state index is 11.4. The summed E-state index contributed by atoms with van der Waals surface area (Å²) < 4.78 is 34.3. The molecule has 0 aliphatic heterocycles. The standard InChI is InChI=1S/C15H23N2O5S/c1-4-17(2,3)9-12(18)10-21-13-7-5-6-11-8-14(22-15(11)13)23(16,19)20/h5-8,12,18H,4,9-10H2,1-3H3,(H2,16,19,20)/q+1. The summed E-state index contributed by atoms with van der Waals surface area (Å²) in [6.45, 7) is 3.58. The van der Waals surface area contributed by atoms with E-state index < -0.39 is 16.1 Å². The molecule has 1 aromatic heterocycles. The van der Waals surface area contributed by atoms with Gasteiger partial charge >= 0.3 is 0 Å². The smallest absolute Gasteiger partial charge is 0.271 e. The SMILES string of the molecule is CC[N+](C)(C)CC(O)COc1cccc2cc(S(N)(=O)=O)oc12. The van der Waals surface area contributed by atoms with Crippen LogP contribution in [0.25, 0.3) is 11.0 Å². The molecule has 0 saturated heterocycles. The van der Waals surface area contributed by atoms with Crippen LogP contribution in [0.5, 0.6) is 5.75 Å². The second kappa shape index (κ2) is 6.48. The third kappa shape index (κ3) is 4.44. The number of nitrogens with zero attached hydrogens (tertiary/aromatic N) is 1. The number of aliphatic hydroxyl groups is 1. The van der Waals surface area contributed by atoms with Crippen LogP contribution in [0, 0.1) is 0 Å². The molecule has 7 nitrogen and oxygen atoms in total. The van der Waals surface area contributed by atoms with Crippen LogP contribution in [0.1, 0.15) is 6.92 Å². The Morgan fingerprint density at radius 3 is 2.70 bits per heavy atom. The number of nitrogens with two attached hydrogens (primary N) is 1. The monoisotopic (exact) mass is 343 g/mol. The first-order chi connectivity index (χ1) is 10.6. The maximum atomic E-state index is 11.4. The van der Waals surface area contributed by atoms with E-state index in [0.717, 1.165) is 6.54 Å². The average Bonchev–Trinajstić information content (AvgIpc) is 2.89. The number of benzene rings is 1. The van der Waals surface area contributed by atoms with Gasteiger partial charge in [0, 0.05) is 11.5 Å². The highest BCUT2D eigenvalue weighted by molar-refractivity contribution is 7.89. The Bertz CT molecular complexity index is 782. The zero-order valence-corrected chi connectivity index (χ0v) is 14.3. The lowest BCUT2D eigenvalue weighted by molar-refractivity contribution is -0.891. The van der Waals surface area contributed by atoms with Crippen LogP contribution in [0.15, 0.2) is 33.8 Å². The van der Waals surface area contributed by atoms with Crippen LogP contribution in [0.2, 0.25) is 0 Å². The van der Waals surface area contributed by atoms with E-state index >= 15 is 0 Å². The van der Waals surface area contributed by atoms with E-state index in [2.05, 4.69) is 0 Å². The van der Waals surface area contributed by atoms with Crippen molar-refractivity contribution < 1.29 is 27.2 Å². The number of para-hydroxylation sites is 1. The second-order valence-corrected chi connectivity index (χ2v) is 7.68. The van der Waals surface area contributed by atoms with Gasteiger partial charge in [-0.2, -0.15) is 0 Å². The number of primary sulfonamides is 1. The lowest BCUT2D eigenvalue weighted by Crippen LogP contribution is -2.46. The van der Waals surface area contributed by atoms with E-state index in [1.807, 2.05) is 21.0 Å². The number of furan rings is 1. The van der Waals surface area contributed by atoms with Gasteiger partial charge in [0.1, 0.15) is 19.3 Å². The van der Waals surface area contributed by atoms with Gasteiger partial charge in [0.05, 0.1) is 20.6 Å². The number of rotatable bonds is 7. The normalized spacial score (nSPS) is 14.1. The molecule has 1 unspecified atom stereocenters. The number of hydrogen-bond acceptors (Lipinski definition) is 5. The molecular weight excluding hydrogens is 320 g/mol. The van der Waals surface area contributed by atoms with E-state index in [-0.39, 0.29) is 11.7 Å². The molecule has 0 saturated carbocycles. The maximum Gasteiger partial charge on any atom is 0.271 e. The molecule has 0 amide bonds. The summed E-state index contributed by atoms with van der Waals surface area (Å²) in [5.41, 5.74) is 0.299. The fourth-order valence-electron chi connectivity index (χ4n) is 2.20. The highest BCUT2D eigenvalue weighted by Gasteiger charge is 2.20. The van der Waals surface area contributed by atoms with Crippen molar-refractivity contribution in [2.24, 2.45) is 5.14 Å². The van der Waals surface area contributed by atoms with Crippen molar-refractivity contribution in [1.82, 2.24) is 0 Å². The first kappa shape index (κ1) is 17.7. The molecule has 1 aromatic carbocycles. The van der Waals surface area contributed by atoms with Gasteiger partial charge in [-0.25, -0.2) is 13.6 Å². The molecule has 23 heavy (non-hydrogen) atoms. The molecule has 0 bridgehead atoms. The molecule has 2 rings (SSSR count). The molecular formula is C15H23N2O5S+.